The molecule has 2 aromatic heterocycles. The van der Waals surface area contributed by atoms with Crippen molar-refractivity contribution in [3.05, 3.63) is 94.3 Å². The molecule has 2 aliphatic carbocycles. The quantitative estimate of drug-likeness (QED) is 0.0868. The molecule has 2 saturated carbocycles. The number of amides is 1. The zero-order valence-electron chi connectivity index (χ0n) is 40.6. The van der Waals surface area contributed by atoms with Crippen LogP contribution in [0.1, 0.15) is 120 Å². The average Bonchev–Trinajstić information content (AvgIpc) is 3.96. The van der Waals surface area contributed by atoms with E-state index in [1.807, 2.05) is 6.92 Å². The molecule has 5 aliphatic rings. The Hall–Kier alpha value is -5.78. The van der Waals surface area contributed by atoms with Crippen molar-refractivity contribution < 1.29 is 36.9 Å². The summed E-state index contributed by atoms with van der Waals surface area (Å²) in [7, 11) is -4.63. The summed E-state index contributed by atoms with van der Waals surface area (Å²) < 4.78 is 63.5. The summed E-state index contributed by atoms with van der Waals surface area (Å²) in [5.74, 6) is -0.669. The Morgan fingerprint density at radius 2 is 1.77 bits per heavy atom. The largest absolute Gasteiger partial charge is 0.489 e. The van der Waals surface area contributed by atoms with Gasteiger partial charge in [-0.05, 0) is 122 Å². The molecule has 10 rings (SSSR count). The summed E-state index contributed by atoms with van der Waals surface area (Å²) in [6, 6.07) is 18.2. The van der Waals surface area contributed by atoms with Crippen molar-refractivity contribution >= 4 is 44.0 Å². The minimum absolute atomic E-state index is 0.00431. The number of carbonyl (C=O) groups is 1. The van der Waals surface area contributed by atoms with E-state index in [4.69, 9.17) is 14.2 Å². The number of piperidine rings is 1. The number of anilines is 2. The van der Waals surface area contributed by atoms with Gasteiger partial charge in [-0.3, -0.25) is 9.69 Å². The van der Waals surface area contributed by atoms with Crippen molar-refractivity contribution in [2.75, 3.05) is 49.6 Å². The molecular formula is C53H64FN7O8S. The minimum Gasteiger partial charge on any atom is -0.489 e. The summed E-state index contributed by atoms with van der Waals surface area (Å²) in [5, 5.41) is 17.1. The Morgan fingerprint density at radius 1 is 1.01 bits per heavy atom. The molecule has 372 valence electrons. The van der Waals surface area contributed by atoms with Crippen LogP contribution in [0.25, 0.3) is 11.0 Å². The maximum Gasteiger partial charge on any atom is 0.268 e. The third-order valence-corrected chi connectivity index (χ3v) is 17.1. The number of fused-ring (bicyclic) bond motifs is 2. The smallest absolute Gasteiger partial charge is 0.268 e. The van der Waals surface area contributed by atoms with Gasteiger partial charge in [-0.2, -0.15) is 4.98 Å². The first-order valence-corrected chi connectivity index (χ1v) is 26.3. The number of sulfonamides is 1. The third-order valence-electron chi connectivity index (χ3n) is 15.8. The first-order chi connectivity index (χ1) is 33.4. The molecule has 15 nitrogen and oxygen atoms in total. The number of aromatic amines is 1. The highest BCUT2D eigenvalue weighted by molar-refractivity contribution is 7.90. The maximum absolute atomic E-state index is 14.9. The molecule has 0 radical (unpaired) electrons. The zero-order chi connectivity index (χ0) is 49.2. The number of carbonyl (C=O) groups excluding carboxylic acids is 1. The van der Waals surface area contributed by atoms with Crippen molar-refractivity contribution in [2.24, 2.45) is 16.5 Å². The van der Waals surface area contributed by atoms with Gasteiger partial charge in [0.1, 0.15) is 40.9 Å². The van der Waals surface area contributed by atoms with Crippen LogP contribution >= 0.6 is 0 Å². The van der Waals surface area contributed by atoms with Crippen LogP contribution in [0, 0.1) is 22.1 Å². The maximum atomic E-state index is 14.9. The molecule has 0 bridgehead atoms. The first-order valence-electron chi connectivity index (χ1n) is 24.8. The van der Waals surface area contributed by atoms with Crippen LogP contribution in [-0.2, 0) is 15.4 Å². The van der Waals surface area contributed by atoms with E-state index in [0.717, 1.165) is 63.6 Å². The van der Waals surface area contributed by atoms with Gasteiger partial charge in [0.05, 0.1) is 34.1 Å². The predicted molar refractivity (Wildman–Crippen MR) is 267 cm³/mol. The lowest BCUT2D eigenvalue weighted by atomic mass is 9.70. The van der Waals surface area contributed by atoms with Crippen molar-refractivity contribution in [3.8, 4) is 23.1 Å². The second-order valence-electron chi connectivity index (χ2n) is 21.6. The number of ether oxygens (including phenoxy) is 3. The van der Waals surface area contributed by atoms with Crippen molar-refractivity contribution in [1.29, 1.82) is 0 Å². The number of nitrogens with zero attached hydrogens (tertiary/aromatic N) is 4. The number of likely N-dealkylation sites (tertiary alicyclic amines) is 1. The van der Waals surface area contributed by atoms with Gasteiger partial charge in [-0.1, -0.05) is 51.5 Å². The number of aliphatic hydroxyl groups is 1. The standard InChI is InChI=1S/C53H64FN7O8S/c1-6-67-50-46(27-38-40(54)28-55-48(38)57-50)69-44-24-33(60-22-20-53(21-23-60)30-61(31-53)43-13-9-11-36(43)35-10-7-8-12-39(35)51(2,3)4)14-15-37(44)49(62)59-70(65,66)34-25-41(58-64)47-45(26-34)68-29-42(56-47)32-16-18-52(5,63)19-17-32/h7-8,10,12,14-15,24-28,32,36,42-43,56,63H,6,9,11,13,16-23,29-31H2,1-5H3,(H,55,57)(H,59,62)/t32?,36-,42+,43-,52?/m0/s1. The topological polar surface area (TPSA) is 188 Å². The number of hydrogen-bond donors (Lipinski definition) is 4. The summed E-state index contributed by atoms with van der Waals surface area (Å²) in [6.07, 6.45) is 9.59. The molecule has 70 heavy (non-hydrogen) atoms. The fourth-order valence-corrected chi connectivity index (χ4v) is 12.9. The van der Waals surface area contributed by atoms with Crippen molar-refractivity contribution in [1.82, 2.24) is 19.6 Å². The molecule has 1 amide bonds. The molecular weight excluding hydrogens is 914 g/mol. The number of hydrogen-bond acceptors (Lipinski definition) is 13. The Balaban J connectivity index is 0.881. The van der Waals surface area contributed by atoms with Gasteiger partial charge >= 0.3 is 0 Å². The van der Waals surface area contributed by atoms with E-state index < -0.39 is 32.2 Å². The Bertz CT molecular complexity index is 2910. The molecule has 5 heterocycles. The molecule has 3 aliphatic heterocycles. The van der Waals surface area contributed by atoms with Crippen LogP contribution in [0.3, 0.4) is 0 Å². The van der Waals surface area contributed by atoms with Gasteiger partial charge in [0, 0.05) is 62.3 Å². The van der Waals surface area contributed by atoms with Crippen LogP contribution in [0.4, 0.5) is 21.5 Å². The highest BCUT2D eigenvalue weighted by Crippen LogP contribution is 2.50. The number of rotatable bonds is 12. The average molecular weight is 978 g/mol. The van der Waals surface area contributed by atoms with E-state index in [9.17, 15) is 27.6 Å². The molecule has 2 saturated heterocycles. The monoisotopic (exact) mass is 977 g/mol. The van der Waals surface area contributed by atoms with E-state index in [-0.39, 0.29) is 87.1 Å². The fourth-order valence-electron chi connectivity index (χ4n) is 11.9. The molecule has 4 N–H and O–H groups in total. The number of aromatic nitrogens is 2. The van der Waals surface area contributed by atoms with Gasteiger partial charge in [0.2, 0.25) is 0 Å². The Morgan fingerprint density at radius 3 is 2.50 bits per heavy atom. The summed E-state index contributed by atoms with van der Waals surface area (Å²) in [6.45, 7) is 14.6. The summed E-state index contributed by atoms with van der Waals surface area (Å²) in [4.78, 5) is 38.3. The lowest BCUT2D eigenvalue weighted by Crippen LogP contribution is -2.63. The third kappa shape index (κ3) is 9.32. The van der Waals surface area contributed by atoms with E-state index >= 15 is 0 Å². The van der Waals surface area contributed by atoms with Gasteiger partial charge in [-0.25, -0.2) is 17.5 Å². The van der Waals surface area contributed by atoms with E-state index in [1.54, 1.807) is 19.1 Å². The normalized spacial score (nSPS) is 24.6. The number of halogens is 1. The lowest BCUT2D eigenvalue weighted by Gasteiger charge is -2.57. The number of H-pyrrole nitrogens is 1. The number of nitroso groups, excluding NO2 is 1. The van der Waals surface area contributed by atoms with Crippen LogP contribution in [0.5, 0.6) is 23.1 Å². The van der Waals surface area contributed by atoms with Gasteiger partial charge in [0.15, 0.2) is 5.75 Å². The molecule has 3 atom stereocenters. The first kappa shape index (κ1) is 47.9. The van der Waals surface area contributed by atoms with Crippen LogP contribution in [0.2, 0.25) is 0 Å². The fraction of sp³-hybridized carbons (Fsp3) is 0.509. The second kappa shape index (κ2) is 18.4. The second-order valence-corrected chi connectivity index (χ2v) is 23.3. The predicted octanol–water partition coefficient (Wildman–Crippen LogP) is 10.1. The van der Waals surface area contributed by atoms with E-state index in [0.29, 0.717) is 24.8 Å². The van der Waals surface area contributed by atoms with Gasteiger partial charge in [-0.15, -0.1) is 4.91 Å². The van der Waals surface area contributed by atoms with Crippen LogP contribution in [-0.4, -0.2) is 91.4 Å². The molecule has 5 aromatic rings. The number of benzene rings is 3. The summed E-state index contributed by atoms with van der Waals surface area (Å²) in [5.41, 5.74) is 3.50. The highest BCUT2D eigenvalue weighted by Gasteiger charge is 2.50. The molecule has 3 aromatic carbocycles. The number of pyridine rings is 1. The Kier molecular flexibility index (Phi) is 12.6. The minimum atomic E-state index is -4.63. The highest BCUT2D eigenvalue weighted by atomic mass is 32.2. The van der Waals surface area contributed by atoms with Gasteiger partial charge in [0.25, 0.3) is 21.8 Å². The molecule has 1 spiro atoms. The molecule has 17 heteroatoms. The Labute approximate surface area is 408 Å². The lowest BCUT2D eigenvalue weighted by molar-refractivity contribution is -0.0494. The SMILES string of the molecule is CCOc1nc2[nH]cc(F)c2cc1Oc1cc(N2CCC3(CC2)CN([C@H]2CCC[C@H]2c2ccccc2C(C)(C)C)C3)ccc1C(=O)NS(=O)(=O)c1cc(N=O)c2c(c1)OC[C@H](C1CCC(C)(O)CC1)N2. The van der Waals surface area contributed by atoms with E-state index in [2.05, 4.69) is 80.0 Å². The van der Waals surface area contributed by atoms with E-state index in [1.165, 1.54) is 54.8 Å². The molecule has 0 unspecified atom stereocenters. The zero-order valence-corrected chi connectivity index (χ0v) is 41.5. The summed E-state index contributed by atoms with van der Waals surface area (Å²) >= 11 is 0. The number of nitrogens with one attached hydrogen (secondary N) is 3. The molecule has 4 fully saturated rings. The van der Waals surface area contributed by atoms with Crippen LogP contribution < -0.4 is 29.1 Å². The van der Waals surface area contributed by atoms with Crippen molar-refractivity contribution in [3.63, 3.8) is 0 Å². The van der Waals surface area contributed by atoms with Crippen LogP contribution in [0.15, 0.2) is 76.9 Å². The van der Waals surface area contributed by atoms with Crippen molar-refractivity contribution in [2.45, 2.75) is 126 Å². The van der Waals surface area contributed by atoms with Gasteiger partial charge < -0.3 is 34.5 Å².